The molecule has 0 spiro atoms. The number of thiazole rings is 1. The summed E-state index contributed by atoms with van der Waals surface area (Å²) in [5, 5.41) is 18.2. The first-order valence-corrected chi connectivity index (χ1v) is 13.5. The van der Waals surface area contributed by atoms with Gasteiger partial charge in [-0.3, -0.25) is 19.2 Å². The molecule has 2 heterocycles. The minimum absolute atomic E-state index is 0.00781. The molecule has 0 bridgehead atoms. The zero-order chi connectivity index (χ0) is 28.7. The van der Waals surface area contributed by atoms with Crippen LogP contribution in [0.2, 0.25) is 0 Å². The third kappa shape index (κ3) is 7.88. The number of likely N-dealkylation sites (tertiary alicyclic amines) is 1. The van der Waals surface area contributed by atoms with Gasteiger partial charge in [0.05, 0.1) is 28.7 Å². The molecule has 11 heteroatoms. The summed E-state index contributed by atoms with van der Waals surface area (Å²) in [6, 6.07) is 5.88. The van der Waals surface area contributed by atoms with Gasteiger partial charge in [-0.25, -0.2) is 4.98 Å². The Morgan fingerprint density at radius 3 is 2.46 bits per heavy atom. The number of nitrogens with one attached hydrogen (secondary N) is 3. The van der Waals surface area contributed by atoms with Crippen molar-refractivity contribution in [3.8, 4) is 22.8 Å². The van der Waals surface area contributed by atoms with Gasteiger partial charge in [-0.2, -0.15) is 0 Å². The molecule has 4 amide bonds. The van der Waals surface area contributed by atoms with E-state index in [2.05, 4.69) is 26.9 Å². The highest BCUT2D eigenvalue weighted by molar-refractivity contribution is 7.13. The van der Waals surface area contributed by atoms with E-state index in [1.54, 1.807) is 37.6 Å². The van der Waals surface area contributed by atoms with Crippen LogP contribution in [0.3, 0.4) is 0 Å². The van der Waals surface area contributed by atoms with Gasteiger partial charge in [0.2, 0.25) is 23.6 Å². The highest BCUT2D eigenvalue weighted by Crippen LogP contribution is 2.28. The SMILES string of the molecule is C#CCNC(=O)CC(=O)NC(C(=O)N1CC(O)CC1C(=O)NCc1ccc(-c2scnc2C)cc1)C(C)(C)C. The fourth-order valence-corrected chi connectivity index (χ4v) is 5.16. The zero-order valence-electron chi connectivity index (χ0n) is 22.6. The molecule has 1 fully saturated rings. The van der Waals surface area contributed by atoms with Gasteiger partial charge in [0, 0.05) is 19.5 Å². The lowest BCUT2D eigenvalue weighted by atomic mass is 9.85. The first-order valence-electron chi connectivity index (χ1n) is 12.7. The summed E-state index contributed by atoms with van der Waals surface area (Å²) in [5.41, 5.74) is 3.96. The van der Waals surface area contributed by atoms with Crippen LogP contribution in [0.4, 0.5) is 0 Å². The van der Waals surface area contributed by atoms with Gasteiger partial charge < -0.3 is 26.0 Å². The van der Waals surface area contributed by atoms with Crippen molar-refractivity contribution in [1.82, 2.24) is 25.8 Å². The fourth-order valence-electron chi connectivity index (χ4n) is 4.35. The summed E-state index contributed by atoms with van der Waals surface area (Å²) in [7, 11) is 0. The first-order chi connectivity index (χ1) is 18.4. The van der Waals surface area contributed by atoms with Gasteiger partial charge in [0.1, 0.15) is 18.5 Å². The Morgan fingerprint density at radius 1 is 1.18 bits per heavy atom. The number of aromatic nitrogens is 1. The zero-order valence-corrected chi connectivity index (χ0v) is 23.4. The summed E-state index contributed by atoms with van der Waals surface area (Å²) < 4.78 is 0. The summed E-state index contributed by atoms with van der Waals surface area (Å²) in [5.74, 6) is 0.158. The maximum atomic E-state index is 13.6. The molecule has 39 heavy (non-hydrogen) atoms. The van der Waals surface area contributed by atoms with E-state index >= 15 is 0 Å². The van der Waals surface area contributed by atoms with E-state index in [0.717, 1.165) is 21.7 Å². The number of carbonyl (C=O) groups is 4. The molecule has 0 radical (unpaired) electrons. The van der Waals surface area contributed by atoms with Crippen LogP contribution < -0.4 is 16.0 Å². The van der Waals surface area contributed by atoms with Crippen LogP contribution in [0.1, 0.15) is 44.9 Å². The van der Waals surface area contributed by atoms with Crippen molar-refractivity contribution in [3.05, 3.63) is 41.0 Å². The maximum Gasteiger partial charge on any atom is 0.246 e. The molecule has 10 nitrogen and oxygen atoms in total. The molecule has 1 aromatic carbocycles. The van der Waals surface area contributed by atoms with Gasteiger partial charge >= 0.3 is 0 Å². The Balaban J connectivity index is 1.65. The second-order valence-corrected chi connectivity index (χ2v) is 11.5. The number of aliphatic hydroxyl groups excluding tert-OH is 1. The number of benzene rings is 1. The smallest absolute Gasteiger partial charge is 0.246 e. The van der Waals surface area contributed by atoms with E-state index < -0.39 is 53.7 Å². The average molecular weight is 554 g/mol. The number of hydrogen-bond donors (Lipinski definition) is 4. The highest BCUT2D eigenvalue weighted by Gasteiger charge is 2.44. The summed E-state index contributed by atoms with van der Waals surface area (Å²) in [6.07, 6.45) is 3.83. The Labute approximate surface area is 232 Å². The summed E-state index contributed by atoms with van der Waals surface area (Å²) in [4.78, 5) is 57.8. The van der Waals surface area contributed by atoms with E-state index in [-0.39, 0.29) is 26.1 Å². The number of terminal acetylenes is 1. The topological polar surface area (TPSA) is 141 Å². The molecular weight excluding hydrogens is 518 g/mol. The number of rotatable bonds is 9. The molecule has 1 aromatic heterocycles. The van der Waals surface area contributed by atoms with E-state index in [1.165, 1.54) is 4.90 Å². The lowest BCUT2D eigenvalue weighted by molar-refractivity contribution is -0.144. The number of carbonyl (C=O) groups excluding carboxylic acids is 4. The standard InChI is InChI=1S/C28H35N5O5S/c1-6-11-29-22(35)13-23(36)32-25(28(3,4)5)27(38)33-15-20(34)12-21(33)26(37)30-14-18-7-9-19(10-8-18)24-17(2)31-16-39-24/h1,7-10,16,20-21,25,34H,11-15H2,2-5H3,(H,29,35)(H,30,37)(H,32,36). The normalized spacial score (nSPS) is 17.7. The molecule has 0 aliphatic carbocycles. The van der Waals surface area contributed by atoms with Gasteiger partial charge in [-0.05, 0) is 23.5 Å². The Kier molecular flexibility index (Phi) is 9.83. The molecule has 1 aliphatic heterocycles. The fraction of sp³-hybridized carbons (Fsp3) is 0.464. The van der Waals surface area contributed by atoms with E-state index in [4.69, 9.17) is 6.42 Å². The quantitative estimate of drug-likeness (QED) is 0.273. The van der Waals surface area contributed by atoms with Crippen molar-refractivity contribution in [2.24, 2.45) is 5.41 Å². The van der Waals surface area contributed by atoms with Crippen molar-refractivity contribution < 1.29 is 24.3 Å². The van der Waals surface area contributed by atoms with Crippen LogP contribution >= 0.6 is 11.3 Å². The molecule has 208 valence electrons. The van der Waals surface area contributed by atoms with Gasteiger partial charge in [-0.1, -0.05) is 51.0 Å². The molecule has 0 saturated carbocycles. The molecule has 2 aromatic rings. The van der Waals surface area contributed by atoms with Crippen molar-refractivity contribution in [3.63, 3.8) is 0 Å². The number of amides is 4. The van der Waals surface area contributed by atoms with E-state index in [1.807, 2.05) is 31.2 Å². The molecule has 1 aliphatic rings. The first kappa shape index (κ1) is 29.8. The Hall–Kier alpha value is -3.75. The van der Waals surface area contributed by atoms with Crippen molar-refractivity contribution >= 4 is 35.0 Å². The lowest BCUT2D eigenvalue weighted by Gasteiger charge is -2.35. The van der Waals surface area contributed by atoms with Crippen molar-refractivity contribution in [1.29, 1.82) is 0 Å². The Morgan fingerprint density at radius 2 is 1.87 bits per heavy atom. The second kappa shape index (κ2) is 12.9. The van der Waals surface area contributed by atoms with Crippen LogP contribution in [0.15, 0.2) is 29.8 Å². The van der Waals surface area contributed by atoms with Crippen LogP contribution in [0.25, 0.3) is 10.4 Å². The molecule has 4 N–H and O–H groups in total. The van der Waals surface area contributed by atoms with Gasteiger partial charge in [-0.15, -0.1) is 17.8 Å². The second-order valence-electron chi connectivity index (χ2n) is 10.6. The number of β-amino-alcohol motifs (C(OH)–C–C–N with tert-alkyl or cyclic N) is 1. The monoisotopic (exact) mass is 553 g/mol. The number of aliphatic hydroxyl groups is 1. The minimum atomic E-state index is -1.02. The molecule has 3 atom stereocenters. The minimum Gasteiger partial charge on any atom is -0.391 e. The average Bonchev–Trinajstić information content (AvgIpc) is 3.49. The molecular formula is C28H35N5O5S. The van der Waals surface area contributed by atoms with Crippen LogP contribution in [-0.2, 0) is 25.7 Å². The number of nitrogens with zero attached hydrogens (tertiary/aromatic N) is 2. The Bertz CT molecular complexity index is 1240. The van der Waals surface area contributed by atoms with E-state index in [9.17, 15) is 24.3 Å². The van der Waals surface area contributed by atoms with Gasteiger partial charge in [0.15, 0.2) is 0 Å². The van der Waals surface area contributed by atoms with Crippen LogP contribution in [0.5, 0.6) is 0 Å². The van der Waals surface area contributed by atoms with Crippen molar-refractivity contribution in [2.45, 2.75) is 65.3 Å². The highest BCUT2D eigenvalue weighted by atomic mass is 32.1. The maximum absolute atomic E-state index is 13.6. The van der Waals surface area contributed by atoms with Crippen LogP contribution in [-0.4, -0.2) is 69.9 Å². The third-order valence-corrected chi connectivity index (χ3v) is 7.40. The van der Waals surface area contributed by atoms with Crippen molar-refractivity contribution in [2.75, 3.05) is 13.1 Å². The third-order valence-electron chi connectivity index (χ3n) is 6.42. The predicted octanol–water partition coefficient (Wildman–Crippen LogP) is 1.37. The molecule has 1 saturated heterocycles. The molecule has 3 unspecified atom stereocenters. The number of aryl methyl sites for hydroxylation is 1. The van der Waals surface area contributed by atoms with Crippen LogP contribution in [0, 0.1) is 24.7 Å². The predicted molar refractivity (Wildman–Crippen MR) is 148 cm³/mol. The lowest BCUT2D eigenvalue weighted by Crippen LogP contribution is -2.58. The summed E-state index contributed by atoms with van der Waals surface area (Å²) >= 11 is 1.56. The van der Waals surface area contributed by atoms with E-state index in [0.29, 0.717) is 0 Å². The largest absolute Gasteiger partial charge is 0.391 e. The van der Waals surface area contributed by atoms with Gasteiger partial charge in [0.25, 0.3) is 0 Å². The number of hydrogen-bond acceptors (Lipinski definition) is 7. The summed E-state index contributed by atoms with van der Waals surface area (Å²) in [6.45, 7) is 7.48. The molecule has 3 rings (SSSR count).